The van der Waals surface area contributed by atoms with Crippen LogP contribution in [0.4, 0.5) is 0 Å². The first kappa shape index (κ1) is 16.6. The van der Waals surface area contributed by atoms with E-state index in [1.165, 1.54) is 6.26 Å². The van der Waals surface area contributed by atoms with E-state index in [4.69, 9.17) is 13.9 Å². The lowest BCUT2D eigenvalue weighted by atomic mass is 10.1. The van der Waals surface area contributed by atoms with Gasteiger partial charge in [0.2, 0.25) is 0 Å². The van der Waals surface area contributed by atoms with Crippen molar-refractivity contribution in [2.45, 2.75) is 20.4 Å². The zero-order valence-corrected chi connectivity index (χ0v) is 13.1. The molecule has 122 valence electrons. The Kier molecular flexibility index (Phi) is 5.80. The molecule has 6 heteroatoms. The van der Waals surface area contributed by atoms with Gasteiger partial charge in [-0.2, -0.15) is 0 Å². The maximum Gasteiger partial charge on any atom is 0.344 e. The van der Waals surface area contributed by atoms with Crippen molar-refractivity contribution in [1.82, 2.24) is 5.32 Å². The minimum Gasteiger partial charge on any atom is -0.482 e. The summed E-state index contributed by atoms with van der Waals surface area (Å²) in [4.78, 5) is 23.1. The summed E-state index contributed by atoms with van der Waals surface area (Å²) in [6.45, 7) is 3.54. The minimum absolute atomic E-state index is 0.241. The van der Waals surface area contributed by atoms with E-state index in [1.807, 2.05) is 26.0 Å². The molecule has 0 bridgehead atoms. The van der Waals surface area contributed by atoms with Gasteiger partial charge in [-0.15, -0.1) is 0 Å². The predicted octanol–water partition coefficient (Wildman–Crippen LogP) is 2.13. The second kappa shape index (κ2) is 8.03. The van der Waals surface area contributed by atoms with E-state index in [0.717, 1.165) is 11.1 Å². The summed E-state index contributed by atoms with van der Waals surface area (Å²) >= 11 is 0. The van der Waals surface area contributed by atoms with Gasteiger partial charge in [-0.25, -0.2) is 4.79 Å². The number of furan rings is 1. The van der Waals surface area contributed by atoms with Crippen LogP contribution in [0, 0.1) is 13.8 Å². The molecular weight excluding hydrogens is 298 g/mol. The third-order valence-electron chi connectivity index (χ3n) is 3.08. The molecule has 0 fully saturated rings. The van der Waals surface area contributed by atoms with Crippen LogP contribution in [0.1, 0.15) is 16.9 Å². The molecule has 23 heavy (non-hydrogen) atoms. The number of esters is 1. The Morgan fingerprint density at radius 3 is 2.70 bits per heavy atom. The molecule has 0 aliphatic rings. The smallest absolute Gasteiger partial charge is 0.344 e. The quantitative estimate of drug-likeness (QED) is 0.792. The Morgan fingerprint density at radius 2 is 2.00 bits per heavy atom. The largest absolute Gasteiger partial charge is 0.482 e. The first-order valence-electron chi connectivity index (χ1n) is 7.19. The molecule has 1 aromatic carbocycles. The van der Waals surface area contributed by atoms with Crippen LogP contribution in [-0.2, 0) is 20.9 Å². The molecule has 0 spiro atoms. The summed E-state index contributed by atoms with van der Waals surface area (Å²) in [5.41, 5.74) is 2.06. The molecule has 2 aromatic rings. The van der Waals surface area contributed by atoms with E-state index >= 15 is 0 Å². The van der Waals surface area contributed by atoms with Crippen LogP contribution in [-0.4, -0.2) is 25.1 Å². The summed E-state index contributed by atoms with van der Waals surface area (Å²) < 4.78 is 15.3. The van der Waals surface area contributed by atoms with Crippen molar-refractivity contribution in [3.8, 4) is 5.75 Å². The Morgan fingerprint density at radius 1 is 1.17 bits per heavy atom. The molecule has 0 aliphatic heterocycles. The van der Waals surface area contributed by atoms with Gasteiger partial charge in [-0.1, -0.05) is 17.7 Å². The van der Waals surface area contributed by atoms with Gasteiger partial charge in [-0.05, 0) is 37.6 Å². The zero-order valence-electron chi connectivity index (χ0n) is 13.1. The summed E-state index contributed by atoms with van der Waals surface area (Å²) in [5.74, 6) is 0.247. The topological polar surface area (TPSA) is 77.8 Å². The molecule has 0 atom stereocenters. The van der Waals surface area contributed by atoms with Gasteiger partial charge in [0.15, 0.2) is 13.2 Å². The van der Waals surface area contributed by atoms with E-state index in [2.05, 4.69) is 5.32 Å². The maximum atomic E-state index is 11.6. The third kappa shape index (κ3) is 5.50. The molecule has 1 heterocycles. The number of nitrogens with one attached hydrogen (secondary N) is 1. The molecule has 0 aliphatic carbocycles. The Bertz CT molecular complexity index is 664. The number of benzene rings is 1. The van der Waals surface area contributed by atoms with Crippen LogP contribution in [0.25, 0.3) is 0 Å². The van der Waals surface area contributed by atoms with Gasteiger partial charge in [0.05, 0.1) is 12.8 Å². The van der Waals surface area contributed by atoms with Gasteiger partial charge >= 0.3 is 5.97 Å². The molecule has 1 amide bonds. The van der Waals surface area contributed by atoms with E-state index in [9.17, 15) is 9.59 Å². The lowest BCUT2D eigenvalue weighted by Gasteiger charge is -2.09. The third-order valence-corrected chi connectivity index (χ3v) is 3.08. The van der Waals surface area contributed by atoms with E-state index in [0.29, 0.717) is 11.5 Å². The number of carbonyl (C=O) groups excluding carboxylic acids is 2. The second-order valence-corrected chi connectivity index (χ2v) is 5.07. The van der Waals surface area contributed by atoms with Gasteiger partial charge in [0.1, 0.15) is 11.5 Å². The van der Waals surface area contributed by atoms with E-state index < -0.39 is 11.9 Å². The monoisotopic (exact) mass is 317 g/mol. The summed E-state index contributed by atoms with van der Waals surface area (Å²) in [6, 6.07) is 9.13. The van der Waals surface area contributed by atoms with Crippen molar-refractivity contribution in [2.24, 2.45) is 0 Å². The second-order valence-electron chi connectivity index (χ2n) is 5.07. The average molecular weight is 317 g/mol. The summed E-state index contributed by atoms with van der Waals surface area (Å²) in [6.07, 6.45) is 1.52. The Balaban J connectivity index is 1.67. The lowest BCUT2D eigenvalue weighted by Crippen LogP contribution is -2.29. The standard InChI is InChI=1S/C17H19NO5/c1-12-5-6-15(13(2)8-12)22-11-17(20)23-10-16(19)18-9-14-4-3-7-21-14/h3-8H,9-11H2,1-2H3,(H,18,19). The lowest BCUT2D eigenvalue weighted by molar-refractivity contribution is -0.150. The van der Waals surface area contributed by atoms with Crippen LogP contribution >= 0.6 is 0 Å². The summed E-state index contributed by atoms with van der Waals surface area (Å²) in [5, 5.41) is 2.58. The van der Waals surface area contributed by atoms with Gasteiger partial charge in [0.25, 0.3) is 5.91 Å². The minimum atomic E-state index is -0.599. The number of hydrogen-bond donors (Lipinski definition) is 1. The highest BCUT2D eigenvalue weighted by atomic mass is 16.6. The van der Waals surface area contributed by atoms with Crippen LogP contribution in [0.2, 0.25) is 0 Å². The number of hydrogen-bond acceptors (Lipinski definition) is 5. The van der Waals surface area contributed by atoms with Crippen molar-refractivity contribution in [1.29, 1.82) is 0 Å². The number of carbonyl (C=O) groups is 2. The Labute approximate surface area is 134 Å². The van der Waals surface area contributed by atoms with Crippen molar-refractivity contribution in [3.63, 3.8) is 0 Å². The molecular formula is C17H19NO5. The molecule has 0 radical (unpaired) electrons. The highest BCUT2D eigenvalue weighted by Gasteiger charge is 2.09. The van der Waals surface area contributed by atoms with Crippen molar-refractivity contribution in [3.05, 3.63) is 53.5 Å². The number of aryl methyl sites for hydroxylation is 2. The molecule has 2 rings (SSSR count). The van der Waals surface area contributed by atoms with Crippen LogP contribution < -0.4 is 10.1 Å². The van der Waals surface area contributed by atoms with E-state index in [-0.39, 0.29) is 19.8 Å². The predicted molar refractivity (Wildman–Crippen MR) is 82.9 cm³/mol. The van der Waals surface area contributed by atoms with Gasteiger partial charge < -0.3 is 19.2 Å². The number of ether oxygens (including phenoxy) is 2. The normalized spacial score (nSPS) is 10.2. The van der Waals surface area contributed by atoms with Crippen molar-refractivity contribution < 1.29 is 23.5 Å². The fraction of sp³-hybridized carbons (Fsp3) is 0.294. The van der Waals surface area contributed by atoms with Crippen LogP contribution in [0.3, 0.4) is 0 Å². The van der Waals surface area contributed by atoms with Crippen LogP contribution in [0.5, 0.6) is 5.75 Å². The molecule has 6 nitrogen and oxygen atoms in total. The van der Waals surface area contributed by atoms with Gasteiger partial charge in [-0.3, -0.25) is 4.79 Å². The van der Waals surface area contributed by atoms with Gasteiger partial charge in [0, 0.05) is 0 Å². The fourth-order valence-electron chi connectivity index (χ4n) is 1.94. The number of amides is 1. The maximum absolute atomic E-state index is 11.6. The molecule has 0 unspecified atom stereocenters. The van der Waals surface area contributed by atoms with Crippen molar-refractivity contribution in [2.75, 3.05) is 13.2 Å². The SMILES string of the molecule is Cc1ccc(OCC(=O)OCC(=O)NCc2ccco2)c(C)c1. The molecule has 0 saturated heterocycles. The highest BCUT2D eigenvalue weighted by molar-refractivity contribution is 5.80. The van der Waals surface area contributed by atoms with Crippen molar-refractivity contribution >= 4 is 11.9 Å². The fourth-order valence-corrected chi connectivity index (χ4v) is 1.94. The number of rotatable bonds is 7. The van der Waals surface area contributed by atoms with Crippen LogP contribution in [0.15, 0.2) is 41.0 Å². The molecule has 1 N–H and O–H groups in total. The Hall–Kier alpha value is -2.76. The molecule has 0 saturated carbocycles. The van der Waals surface area contributed by atoms with E-state index in [1.54, 1.807) is 18.2 Å². The average Bonchev–Trinajstić information content (AvgIpc) is 3.03. The first-order valence-corrected chi connectivity index (χ1v) is 7.19. The highest BCUT2D eigenvalue weighted by Crippen LogP contribution is 2.18. The zero-order chi connectivity index (χ0) is 16.7. The molecule has 1 aromatic heterocycles. The first-order chi connectivity index (χ1) is 11.0. The summed E-state index contributed by atoms with van der Waals surface area (Å²) in [7, 11) is 0.